The van der Waals surface area contributed by atoms with Gasteiger partial charge in [0.25, 0.3) is 0 Å². The summed E-state index contributed by atoms with van der Waals surface area (Å²) in [6.45, 7) is 0. The van der Waals surface area contributed by atoms with Gasteiger partial charge in [0.2, 0.25) is 5.88 Å². The van der Waals surface area contributed by atoms with Crippen LogP contribution in [0.3, 0.4) is 0 Å². The highest BCUT2D eigenvalue weighted by Gasteiger charge is 2.04. The second kappa shape index (κ2) is 9.51. The van der Waals surface area contributed by atoms with Crippen molar-refractivity contribution in [2.75, 3.05) is 0 Å². The molecule has 0 spiro atoms. The summed E-state index contributed by atoms with van der Waals surface area (Å²) in [5, 5.41) is 4.34. The highest BCUT2D eigenvalue weighted by atomic mass is 16.6. The van der Waals surface area contributed by atoms with E-state index >= 15 is 0 Å². The molecule has 1 aliphatic carbocycles. The summed E-state index contributed by atoms with van der Waals surface area (Å²) in [7, 11) is 0. The average molecular weight is 274 g/mol. The van der Waals surface area contributed by atoms with Crippen molar-refractivity contribution in [3.63, 3.8) is 0 Å². The zero-order valence-corrected chi connectivity index (χ0v) is 12.4. The molecule has 1 aromatic heterocycles. The molecule has 1 aliphatic rings. The monoisotopic (exact) mass is 274 g/mol. The summed E-state index contributed by atoms with van der Waals surface area (Å²) < 4.78 is 0. The Bertz CT molecular complexity index is 375. The maximum absolute atomic E-state index is 5.45. The summed E-state index contributed by atoms with van der Waals surface area (Å²) in [4.78, 5) is 9.58. The third kappa shape index (κ3) is 6.18. The molecule has 1 aromatic rings. The lowest BCUT2D eigenvalue weighted by Gasteiger charge is -2.09. The van der Waals surface area contributed by atoms with Crippen molar-refractivity contribution in [2.24, 2.45) is 5.16 Å². The van der Waals surface area contributed by atoms with Crippen LogP contribution in [-0.2, 0) is 0 Å². The third-order valence-corrected chi connectivity index (χ3v) is 3.84. The normalized spacial score (nSPS) is 18.7. The van der Waals surface area contributed by atoms with E-state index in [1.165, 1.54) is 63.5 Å². The van der Waals surface area contributed by atoms with Gasteiger partial charge in [-0.05, 0) is 31.7 Å². The lowest BCUT2D eigenvalue weighted by molar-refractivity contribution is 0.324. The van der Waals surface area contributed by atoms with Gasteiger partial charge in [-0.3, -0.25) is 0 Å². The first-order valence-corrected chi connectivity index (χ1v) is 8.09. The first kappa shape index (κ1) is 15.0. The van der Waals surface area contributed by atoms with E-state index in [2.05, 4.69) is 10.1 Å². The largest absolute Gasteiger partial charge is 0.337 e. The van der Waals surface area contributed by atoms with E-state index in [1.807, 2.05) is 18.2 Å². The number of nitrogens with zero attached hydrogens (tertiary/aromatic N) is 2. The summed E-state index contributed by atoms with van der Waals surface area (Å²) >= 11 is 0. The first-order chi connectivity index (χ1) is 9.95. The van der Waals surface area contributed by atoms with E-state index in [0.29, 0.717) is 5.88 Å². The van der Waals surface area contributed by atoms with Gasteiger partial charge in [-0.2, -0.15) is 0 Å². The Balaban J connectivity index is 1.84. The van der Waals surface area contributed by atoms with Crippen molar-refractivity contribution in [2.45, 2.75) is 70.6 Å². The van der Waals surface area contributed by atoms with Gasteiger partial charge in [-0.15, -0.1) is 0 Å². The van der Waals surface area contributed by atoms with Crippen LogP contribution in [0.2, 0.25) is 0 Å². The Morgan fingerprint density at radius 3 is 1.95 bits per heavy atom. The van der Waals surface area contributed by atoms with Gasteiger partial charge in [0.15, 0.2) is 0 Å². The van der Waals surface area contributed by atoms with Crippen LogP contribution in [0, 0.1) is 0 Å². The summed E-state index contributed by atoms with van der Waals surface area (Å²) in [6.07, 6.45) is 16.0. The topological polar surface area (TPSA) is 34.5 Å². The van der Waals surface area contributed by atoms with E-state index in [1.54, 1.807) is 6.20 Å². The van der Waals surface area contributed by atoms with Crippen LogP contribution >= 0.6 is 0 Å². The van der Waals surface area contributed by atoms with Crippen molar-refractivity contribution in [1.29, 1.82) is 0 Å². The van der Waals surface area contributed by atoms with Crippen molar-refractivity contribution >= 4 is 5.71 Å². The highest BCUT2D eigenvalue weighted by Crippen LogP contribution is 2.16. The lowest BCUT2D eigenvalue weighted by atomic mass is 10.00. The van der Waals surface area contributed by atoms with Crippen LogP contribution in [-0.4, -0.2) is 10.7 Å². The predicted molar refractivity (Wildman–Crippen MR) is 83.1 cm³/mol. The van der Waals surface area contributed by atoms with E-state index < -0.39 is 0 Å². The molecule has 0 radical (unpaired) electrons. The molecule has 1 heterocycles. The standard InChI is InChI=1S/C17H26N2O/c1-2-4-6-8-12-16(13-9-7-5-3-1)19-20-17-14-10-11-15-18-17/h10-11,14-15H,1-9,12-13H2. The first-order valence-electron chi connectivity index (χ1n) is 8.09. The fourth-order valence-corrected chi connectivity index (χ4v) is 2.62. The van der Waals surface area contributed by atoms with Gasteiger partial charge in [-0.25, -0.2) is 4.98 Å². The fraction of sp³-hybridized carbons (Fsp3) is 0.647. The molecule has 0 saturated heterocycles. The summed E-state index contributed by atoms with van der Waals surface area (Å²) in [5.74, 6) is 0.589. The molecule has 0 atom stereocenters. The smallest absolute Gasteiger partial charge is 0.248 e. The number of rotatable bonds is 2. The fourth-order valence-electron chi connectivity index (χ4n) is 2.62. The van der Waals surface area contributed by atoms with Gasteiger partial charge in [0.05, 0.1) is 5.71 Å². The Kier molecular flexibility index (Phi) is 7.14. The van der Waals surface area contributed by atoms with Crippen LogP contribution in [0.4, 0.5) is 0 Å². The summed E-state index contributed by atoms with van der Waals surface area (Å²) in [6, 6.07) is 5.65. The number of pyridine rings is 1. The Morgan fingerprint density at radius 2 is 1.40 bits per heavy atom. The van der Waals surface area contributed by atoms with Gasteiger partial charge < -0.3 is 4.84 Å². The number of hydrogen-bond acceptors (Lipinski definition) is 3. The van der Waals surface area contributed by atoms with Crippen molar-refractivity contribution in [1.82, 2.24) is 4.98 Å². The molecule has 1 saturated carbocycles. The van der Waals surface area contributed by atoms with Gasteiger partial charge >= 0.3 is 0 Å². The van der Waals surface area contributed by atoms with Crippen molar-refractivity contribution < 1.29 is 4.84 Å². The molecule has 0 N–H and O–H groups in total. The van der Waals surface area contributed by atoms with E-state index in [4.69, 9.17) is 4.84 Å². The predicted octanol–water partition coefficient (Wildman–Crippen LogP) is 5.12. The molecule has 0 aliphatic heterocycles. The Hall–Kier alpha value is -1.38. The minimum atomic E-state index is 0.589. The highest BCUT2D eigenvalue weighted by molar-refractivity contribution is 5.83. The van der Waals surface area contributed by atoms with Crippen molar-refractivity contribution in [3.05, 3.63) is 24.4 Å². The second-order valence-corrected chi connectivity index (χ2v) is 5.60. The number of hydrogen-bond donors (Lipinski definition) is 0. The Labute approximate surface area is 122 Å². The second-order valence-electron chi connectivity index (χ2n) is 5.60. The number of aromatic nitrogens is 1. The SMILES string of the molecule is c1ccc(ON=C2CCCCCCCCCCC2)nc1. The zero-order chi connectivity index (χ0) is 13.9. The molecule has 0 unspecified atom stereocenters. The molecule has 3 heteroatoms. The third-order valence-electron chi connectivity index (χ3n) is 3.84. The molecule has 0 amide bonds. The van der Waals surface area contributed by atoms with Gasteiger partial charge in [0.1, 0.15) is 0 Å². The van der Waals surface area contributed by atoms with Gasteiger partial charge in [0, 0.05) is 12.3 Å². The maximum Gasteiger partial charge on any atom is 0.248 e. The average Bonchev–Trinajstić information content (AvgIpc) is 2.48. The van der Waals surface area contributed by atoms with Crippen molar-refractivity contribution in [3.8, 4) is 5.88 Å². The Morgan fingerprint density at radius 1 is 0.800 bits per heavy atom. The molecular formula is C17H26N2O. The van der Waals surface area contributed by atoms with E-state index in [9.17, 15) is 0 Å². The number of oxime groups is 1. The van der Waals surface area contributed by atoms with E-state index in [0.717, 1.165) is 12.8 Å². The van der Waals surface area contributed by atoms with Crippen LogP contribution in [0.5, 0.6) is 5.88 Å². The molecule has 20 heavy (non-hydrogen) atoms. The minimum absolute atomic E-state index is 0.589. The maximum atomic E-state index is 5.45. The van der Waals surface area contributed by atoms with Crippen LogP contribution in [0.1, 0.15) is 70.6 Å². The molecule has 1 fully saturated rings. The summed E-state index contributed by atoms with van der Waals surface area (Å²) in [5.41, 5.74) is 1.20. The molecule has 0 aromatic carbocycles. The van der Waals surface area contributed by atoms with Crippen LogP contribution in [0.15, 0.2) is 29.6 Å². The molecule has 110 valence electrons. The zero-order valence-electron chi connectivity index (χ0n) is 12.4. The quantitative estimate of drug-likeness (QED) is 0.701. The molecular weight excluding hydrogens is 248 g/mol. The molecule has 0 bridgehead atoms. The van der Waals surface area contributed by atoms with Crippen LogP contribution < -0.4 is 4.84 Å². The van der Waals surface area contributed by atoms with Crippen LogP contribution in [0.25, 0.3) is 0 Å². The lowest BCUT2D eigenvalue weighted by Crippen LogP contribution is -2.03. The van der Waals surface area contributed by atoms with Gasteiger partial charge in [-0.1, -0.05) is 56.2 Å². The van der Waals surface area contributed by atoms with E-state index in [-0.39, 0.29) is 0 Å². The molecule has 3 nitrogen and oxygen atoms in total. The minimum Gasteiger partial charge on any atom is -0.337 e. The molecule has 2 rings (SSSR count).